The average molecular weight is 351 g/mol. The van der Waals surface area contributed by atoms with Crippen molar-refractivity contribution in [2.24, 2.45) is 0 Å². The topological polar surface area (TPSA) is 117 Å². The molecule has 134 valence electrons. The maximum absolute atomic E-state index is 12.1. The first-order valence-corrected chi connectivity index (χ1v) is 6.84. The highest BCUT2D eigenvalue weighted by atomic mass is 16.5. The average Bonchev–Trinajstić information content (AvgIpc) is 2.64. The number of nitrogens with one attached hydrogen (secondary N) is 1. The van der Waals surface area contributed by atoms with E-state index in [0.717, 1.165) is 34.5 Å². The van der Waals surface area contributed by atoms with Crippen molar-refractivity contribution < 1.29 is 38.1 Å². The molecule has 0 saturated heterocycles. The predicted molar refractivity (Wildman–Crippen MR) is 84.9 cm³/mol. The molecule has 0 unspecified atom stereocenters. The first-order chi connectivity index (χ1) is 11.9. The first-order valence-electron chi connectivity index (χ1n) is 6.84. The third kappa shape index (κ3) is 4.80. The molecule has 25 heavy (non-hydrogen) atoms. The lowest BCUT2D eigenvalue weighted by atomic mass is 10.0. The number of hydrogen-bond acceptors (Lipinski definition) is 9. The van der Waals surface area contributed by atoms with Crippen molar-refractivity contribution in [2.75, 3.05) is 33.8 Å². The van der Waals surface area contributed by atoms with Crippen molar-refractivity contribution >= 4 is 29.6 Å². The van der Waals surface area contributed by atoms with E-state index in [-0.39, 0.29) is 22.5 Å². The fourth-order valence-corrected chi connectivity index (χ4v) is 1.84. The third-order valence-corrected chi connectivity index (χ3v) is 3.00. The molecule has 1 N–H and O–H groups in total. The molecule has 1 aromatic rings. The summed E-state index contributed by atoms with van der Waals surface area (Å²) < 4.78 is 18.3. The molecule has 0 aromatic heterocycles. The summed E-state index contributed by atoms with van der Waals surface area (Å²) in [6.45, 7) is 0. The number of rotatable bonds is 6. The largest absolute Gasteiger partial charge is 0.466 e. The van der Waals surface area contributed by atoms with Gasteiger partial charge in [0.2, 0.25) is 0 Å². The van der Waals surface area contributed by atoms with Gasteiger partial charge < -0.3 is 24.3 Å². The molecular formula is C16H17NO8. The van der Waals surface area contributed by atoms with Gasteiger partial charge >= 0.3 is 23.9 Å². The Morgan fingerprint density at radius 3 is 2.04 bits per heavy atom. The third-order valence-electron chi connectivity index (χ3n) is 3.00. The smallest absolute Gasteiger partial charge is 0.354 e. The van der Waals surface area contributed by atoms with Crippen molar-refractivity contribution in [3.63, 3.8) is 0 Å². The summed E-state index contributed by atoms with van der Waals surface area (Å²) >= 11 is 0. The lowest BCUT2D eigenvalue weighted by Gasteiger charge is -2.14. The normalized spacial score (nSPS) is 10.5. The second-order valence-electron chi connectivity index (χ2n) is 4.41. The molecule has 1 aromatic carbocycles. The molecule has 0 saturated carbocycles. The standard InChI is InChI=1S/C16H17NO8/c1-22-12(18)8-11(15(20)24-3)17-10-7-5-6-9(14(19)23-2)13(10)16(21)25-4/h5-8,17H,1-4H3/b11-8+. The number of hydrogen-bond donors (Lipinski definition) is 1. The molecular weight excluding hydrogens is 334 g/mol. The number of benzene rings is 1. The first kappa shape index (κ1) is 19.7. The summed E-state index contributed by atoms with van der Waals surface area (Å²) in [5.74, 6) is -3.33. The van der Waals surface area contributed by atoms with Crippen LogP contribution in [0.4, 0.5) is 5.69 Å². The summed E-state index contributed by atoms with van der Waals surface area (Å²) in [5, 5.41) is 2.58. The molecule has 9 nitrogen and oxygen atoms in total. The van der Waals surface area contributed by atoms with Crippen molar-refractivity contribution in [1.29, 1.82) is 0 Å². The Balaban J connectivity index is 3.46. The van der Waals surface area contributed by atoms with E-state index in [2.05, 4.69) is 24.3 Å². The number of anilines is 1. The minimum Gasteiger partial charge on any atom is -0.466 e. The van der Waals surface area contributed by atoms with Crippen molar-refractivity contribution in [1.82, 2.24) is 0 Å². The van der Waals surface area contributed by atoms with Crippen LogP contribution in [0.3, 0.4) is 0 Å². The Morgan fingerprint density at radius 2 is 1.52 bits per heavy atom. The second-order valence-corrected chi connectivity index (χ2v) is 4.41. The molecule has 0 heterocycles. The zero-order chi connectivity index (χ0) is 19.0. The Hall–Kier alpha value is -3.36. The Kier molecular flexibility index (Phi) is 7.14. The van der Waals surface area contributed by atoms with Gasteiger partial charge in [-0.2, -0.15) is 0 Å². The van der Waals surface area contributed by atoms with E-state index in [4.69, 9.17) is 0 Å². The SMILES string of the molecule is COC(=O)/C=C(/Nc1cccc(C(=O)OC)c1C(=O)OC)C(=O)OC. The summed E-state index contributed by atoms with van der Waals surface area (Å²) in [7, 11) is 4.53. The fourth-order valence-electron chi connectivity index (χ4n) is 1.84. The van der Waals surface area contributed by atoms with Gasteiger partial charge in [0.15, 0.2) is 0 Å². The van der Waals surface area contributed by atoms with Gasteiger partial charge in [0.05, 0.1) is 51.3 Å². The van der Waals surface area contributed by atoms with Gasteiger partial charge in [-0.1, -0.05) is 6.07 Å². The molecule has 0 aliphatic rings. The van der Waals surface area contributed by atoms with Gasteiger partial charge in [-0.05, 0) is 12.1 Å². The van der Waals surface area contributed by atoms with Gasteiger partial charge in [-0.3, -0.25) is 0 Å². The number of carbonyl (C=O) groups excluding carboxylic acids is 4. The molecule has 0 bridgehead atoms. The number of esters is 4. The Morgan fingerprint density at radius 1 is 0.880 bits per heavy atom. The summed E-state index contributed by atoms with van der Waals surface area (Å²) in [6.07, 6.45) is 0.845. The van der Waals surface area contributed by atoms with Crippen LogP contribution in [-0.4, -0.2) is 52.3 Å². The lowest BCUT2D eigenvalue weighted by Crippen LogP contribution is -2.19. The molecule has 0 aliphatic carbocycles. The van der Waals surface area contributed by atoms with Crippen LogP contribution in [0.25, 0.3) is 0 Å². The maximum atomic E-state index is 12.1. The summed E-state index contributed by atoms with van der Waals surface area (Å²) in [4.78, 5) is 47.2. The Labute approximate surface area is 143 Å². The van der Waals surface area contributed by atoms with Crippen LogP contribution in [0.5, 0.6) is 0 Å². The van der Waals surface area contributed by atoms with Crippen LogP contribution < -0.4 is 5.32 Å². The van der Waals surface area contributed by atoms with E-state index < -0.39 is 23.9 Å². The van der Waals surface area contributed by atoms with E-state index in [1.54, 1.807) is 0 Å². The predicted octanol–water partition coefficient (Wildman–Crippen LogP) is 0.902. The molecule has 0 radical (unpaired) electrons. The van der Waals surface area contributed by atoms with Gasteiger partial charge in [-0.25, -0.2) is 19.2 Å². The molecule has 0 spiro atoms. The van der Waals surface area contributed by atoms with Crippen molar-refractivity contribution in [3.05, 3.63) is 41.1 Å². The zero-order valence-corrected chi connectivity index (χ0v) is 14.1. The monoisotopic (exact) mass is 351 g/mol. The highest BCUT2D eigenvalue weighted by molar-refractivity contribution is 6.08. The second kappa shape index (κ2) is 9.06. The molecule has 9 heteroatoms. The van der Waals surface area contributed by atoms with E-state index in [0.29, 0.717) is 0 Å². The number of ether oxygens (including phenoxy) is 4. The molecule has 0 aliphatic heterocycles. The van der Waals surface area contributed by atoms with Gasteiger partial charge in [-0.15, -0.1) is 0 Å². The van der Waals surface area contributed by atoms with E-state index >= 15 is 0 Å². The van der Waals surface area contributed by atoms with Crippen LogP contribution in [0, 0.1) is 0 Å². The quantitative estimate of drug-likeness (QED) is 0.453. The number of methoxy groups -OCH3 is 4. The molecule has 0 atom stereocenters. The maximum Gasteiger partial charge on any atom is 0.354 e. The van der Waals surface area contributed by atoms with Gasteiger partial charge in [0.25, 0.3) is 0 Å². The van der Waals surface area contributed by atoms with Crippen LogP contribution in [-0.2, 0) is 28.5 Å². The van der Waals surface area contributed by atoms with Crippen molar-refractivity contribution in [2.45, 2.75) is 0 Å². The van der Waals surface area contributed by atoms with Crippen LogP contribution in [0.2, 0.25) is 0 Å². The van der Waals surface area contributed by atoms with Crippen LogP contribution in [0.1, 0.15) is 20.7 Å². The zero-order valence-electron chi connectivity index (χ0n) is 14.1. The minimum atomic E-state index is -0.885. The van der Waals surface area contributed by atoms with Crippen LogP contribution in [0.15, 0.2) is 30.0 Å². The highest BCUT2D eigenvalue weighted by Gasteiger charge is 2.24. The lowest BCUT2D eigenvalue weighted by molar-refractivity contribution is -0.138. The summed E-state index contributed by atoms with van der Waals surface area (Å²) in [5.41, 5.74) is -0.519. The Bertz CT molecular complexity index is 723. The van der Waals surface area contributed by atoms with Crippen molar-refractivity contribution in [3.8, 4) is 0 Å². The molecule has 1 rings (SSSR count). The molecule has 0 amide bonds. The highest BCUT2D eigenvalue weighted by Crippen LogP contribution is 2.24. The van der Waals surface area contributed by atoms with Gasteiger partial charge in [0, 0.05) is 0 Å². The number of carbonyl (C=O) groups is 4. The minimum absolute atomic E-state index is 0.0373. The van der Waals surface area contributed by atoms with Gasteiger partial charge in [0.1, 0.15) is 5.70 Å². The summed E-state index contributed by atoms with van der Waals surface area (Å²) in [6, 6.07) is 4.21. The van der Waals surface area contributed by atoms with Crippen LogP contribution >= 0.6 is 0 Å². The van der Waals surface area contributed by atoms with E-state index in [1.165, 1.54) is 18.2 Å². The fraction of sp³-hybridized carbons (Fsp3) is 0.250. The molecule has 0 fully saturated rings. The van der Waals surface area contributed by atoms with E-state index in [1.807, 2.05) is 0 Å². The van der Waals surface area contributed by atoms with E-state index in [9.17, 15) is 19.2 Å².